The minimum Gasteiger partial charge on any atom is -0.335 e. The number of nitrogens with zero attached hydrogens (tertiary/aromatic N) is 2. The van der Waals surface area contributed by atoms with Crippen molar-refractivity contribution < 1.29 is 13.6 Å². The molecule has 4 nitrogen and oxygen atoms in total. The van der Waals surface area contributed by atoms with E-state index in [-0.39, 0.29) is 25.2 Å². The number of carbonyl (C=O) groups excluding carboxylic acids is 1. The third-order valence-corrected chi connectivity index (χ3v) is 6.46. The second kappa shape index (κ2) is 7.46. The molecule has 3 heterocycles. The third kappa shape index (κ3) is 3.43. The summed E-state index contributed by atoms with van der Waals surface area (Å²) in [5, 5.41) is 3.10. The average Bonchev–Trinajstić information content (AvgIpc) is 3.24. The van der Waals surface area contributed by atoms with Crippen molar-refractivity contribution in [2.45, 2.75) is 18.9 Å². The molecule has 1 aromatic carbocycles. The van der Waals surface area contributed by atoms with Crippen LogP contribution in [-0.2, 0) is 11.3 Å². The van der Waals surface area contributed by atoms with E-state index in [1.165, 1.54) is 22.1 Å². The van der Waals surface area contributed by atoms with Gasteiger partial charge >= 0.3 is 0 Å². The van der Waals surface area contributed by atoms with Crippen LogP contribution in [0.15, 0.2) is 40.6 Å². The first kappa shape index (κ1) is 19.4. The smallest absolute Gasteiger partial charge is 0.260 e. The fourth-order valence-electron chi connectivity index (χ4n) is 3.26. The molecule has 9 heteroatoms. The molecule has 1 saturated heterocycles. The maximum atomic E-state index is 13.4. The molecule has 0 unspecified atom stereocenters. The molecule has 28 heavy (non-hydrogen) atoms. The zero-order valence-corrected chi connectivity index (χ0v) is 16.7. The predicted molar refractivity (Wildman–Crippen MR) is 108 cm³/mol. The van der Waals surface area contributed by atoms with Crippen LogP contribution in [0.3, 0.4) is 0 Å². The van der Waals surface area contributed by atoms with Crippen LogP contribution in [0.4, 0.5) is 8.78 Å². The van der Waals surface area contributed by atoms with Gasteiger partial charge in [0.15, 0.2) is 12.3 Å². The number of alkyl halides is 2. The van der Waals surface area contributed by atoms with Gasteiger partial charge in [0.1, 0.15) is 6.54 Å². The Bertz CT molecular complexity index is 1120. The summed E-state index contributed by atoms with van der Waals surface area (Å²) in [6, 6.07) is 6.85. The van der Waals surface area contributed by atoms with E-state index in [0.29, 0.717) is 21.0 Å². The summed E-state index contributed by atoms with van der Waals surface area (Å²) in [6.45, 7) is -0.848. The molecule has 0 saturated carbocycles. The van der Waals surface area contributed by atoms with E-state index >= 15 is 0 Å². The van der Waals surface area contributed by atoms with Gasteiger partial charge in [-0.05, 0) is 23.8 Å². The predicted octanol–water partition coefficient (Wildman–Crippen LogP) is 4.56. The Kier molecular flexibility index (Phi) is 5.16. The zero-order valence-electron chi connectivity index (χ0n) is 14.4. The van der Waals surface area contributed by atoms with Crippen molar-refractivity contribution in [2.24, 2.45) is 0 Å². The van der Waals surface area contributed by atoms with Gasteiger partial charge in [-0.15, -0.1) is 11.3 Å². The van der Waals surface area contributed by atoms with Crippen molar-refractivity contribution >= 4 is 50.5 Å². The molecule has 146 valence electrons. The minimum absolute atomic E-state index is 0.273. The van der Waals surface area contributed by atoms with E-state index in [0.717, 1.165) is 15.2 Å². The molecule has 1 aliphatic heterocycles. The summed E-state index contributed by atoms with van der Waals surface area (Å²) < 4.78 is 28.7. The van der Waals surface area contributed by atoms with Crippen LogP contribution in [0.5, 0.6) is 0 Å². The Balaban J connectivity index is 1.70. The molecule has 1 aliphatic rings. The summed E-state index contributed by atoms with van der Waals surface area (Å²) in [5.41, 5.74) is 1.09. The van der Waals surface area contributed by atoms with Gasteiger partial charge in [0.05, 0.1) is 28.5 Å². The Morgan fingerprint density at radius 2 is 1.86 bits per heavy atom. The first-order chi connectivity index (χ1) is 13.3. The molecule has 0 radical (unpaired) electrons. The lowest BCUT2D eigenvalue weighted by Gasteiger charge is -2.16. The highest BCUT2D eigenvalue weighted by Gasteiger charge is 2.35. The number of hydrogen-bond donors (Lipinski definition) is 0. The summed E-state index contributed by atoms with van der Waals surface area (Å²) in [7, 11) is 0. The molecular formula is C19H14Cl2F2N2O2S. The monoisotopic (exact) mass is 442 g/mol. The zero-order chi connectivity index (χ0) is 20.0. The standard InChI is InChI=1S/C19H14Cl2F2N2O2S/c20-12-2-1-10(5-13(12)21)11-9-28-16-3-4-24(19(27)18(11)16)8-17(26)25-6-14(22)15(23)7-25/h1-5,9,14-15H,6-8H2/t14-,15+. The number of rotatable bonds is 3. The van der Waals surface area contributed by atoms with Crippen LogP contribution >= 0.6 is 34.5 Å². The van der Waals surface area contributed by atoms with Gasteiger partial charge in [-0.1, -0.05) is 29.3 Å². The van der Waals surface area contributed by atoms with Gasteiger partial charge in [-0.2, -0.15) is 0 Å². The molecule has 2 atom stereocenters. The summed E-state index contributed by atoms with van der Waals surface area (Å²) in [5.74, 6) is -0.490. The van der Waals surface area contributed by atoms with E-state index in [1.807, 2.05) is 5.38 Å². The van der Waals surface area contributed by atoms with Gasteiger partial charge in [0, 0.05) is 21.8 Å². The van der Waals surface area contributed by atoms with Crippen LogP contribution in [0, 0.1) is 0 Å². The van der Waals surface area contributed by atoms with E-state index in [4.69, 9.17) is 23.2 Å². The third-order valence-electron chi connectivity index (χ3n) is 4.77. The summed E-state index contributed by atoms with van der Waals surface area (Å²) >= 11 is 13.5. The number of carbonyl (C=O) groups is 1. The highest BCUT2D eigenvalue weighted by atomic mass is 35.5. The molecule has 2 aromatic heterocycles. The summed E-state index contributed by atoms with van der Waals surface area (Å²) in [6.07, 6.45) is -1.84. The number of likely N-dealkylation sites (tertiary alicyclic amines) is 1. The SMILES string of the molecule is O=C(Cn1ccc2scc(-c3ccc(Cl)c(Cl)c3)c2c1=O)N1C[C@@H](F)[C@@H](F)C1. The fraction of sp³-hybridized carbons (Fsp3) is 0.263. The number of aromatic nitrogens is 1. The maximum absolute atomic E-state index is 13.4. The van der Waals surface area contributed by atoms with Crippen molar-refractivity contribution in [3.05, 3.63) is 56.2 Å². The van der Waals surface area contributed by atoms with Crippen molar-refractivity contribution in [3.8, 4) is 11.1 Å². The first-order valence-corrected chi connectivity index (χ1v) is 10.1. The summed E-state index contributed by atoms with van der Waals surface area (Å²) in [4.78, 5) is 26.5. The van der Waals surface area contributed by atoms with Crippen molar-refractivity contribution in [1.29, 1.82) is 0 Å². The molecule has 1 fully saturated rings. The van der Waals surface area contributed by atoms with E-state index in [9.17, 15) is 18.4 Å². The first-order valence-electron chi connectivity index (χ1n) is 8.47. The molecule has 0 N–H and O–H groups in total. The molecular weight excluding hydrogens is 429 g/mol. The minimum atomic E-state index is -1.68. The van der Waals surface area contributed by atoms with Gasteiger partial charge in [-0.25, -0.2) is 8.78 Å². The number of hydrogen-bond acceptors (Lipinski definition) is 3. The van der Waals surface area contributed by atoms with Gasteiger partial charge in [-0.3, -0.25) is 9.59 Å². The lowest BCUT2D eigenvalue weighted by Crippen LogP contribution is -2.35. The van der Waals surface area contributed by atoms with Crippen LogP contribution in [0.1, 0.15) is 0 Å². The fourth-order valence-corrected chi connectivity index (χ4v) is 4.51. The Morgan fingerprint density at radius 1 is 1.14 bits per heavy atom. The largest absolute Gasteiger partial charge is 0.335 e. The van der Waals surface area contributed by atoms with Crippen molar-refractivity contribution in [2.75, 3.05) is 13.1 Å². The number of benzene rings is 1. The molecule has 4 rings (SSSR count). The van der Waals surface area contributed by atoms with E-state index < -0.39 is 18.3 Å². The lowest BCUT2D eigenvalue weighted by molar-refractivity contribution is -0.131. The maximum Gasteiger partial charge on any atom is 0.260 e. The van der Waals surface area contributed by atoms with Gasteiger partial charge in [0.2, 0.25) is 5.91 Å². The van der Waals surface area contributed by atoms with Crippen LogP contribution in [0.25, 0.3) is 21.2 Å². The van der Waals surface area contributed by atoms with Crippen molar-refractivity contribution in [3.63, 3.8) is 0 Å². The Hall–Kier alpha value is -1.96. The average molecular weight is 443 g/mol. The highest BCUT2D eigenvalue weighted by Crippen LogP contribution is 2.34. The number of pyridine rings is 1. The molecule has 3 aromatic rings. The topological polar surface area (TPSA) is 42.3 Å². The number of amides is 1. The van der Waals surface area contributed by atoms with Crippen LogP contribution in [0.2, 0.25) is 10.0 Å². The molecule has 0 bridgehead atoms. The van der Waals surface area contributed by atoms with Gasteiger partial charge in [0.25, 0.3) is 5.56 Å². The van der Waals surface area contributed by atoms with E-state index in [1.54, 1.807) is 24.3 Å². The molecule has 0 spiro atoms. The van der Waals surface area contributed by atoms with Crippen LogP contribution in [-0.4, -0.2) is 40.8 Å². The van der Waals surface area contributed by atoms with Gasteiger partial charge < -0.3 is 9.47 Å². The van der Waals surface area contributed by atoms with E-state index in [2.05, 4.69) is 0 Å². The highest BCUT2D eigenvalue weighted by molar-refractivity contribution is 7.17. The quantitative estimate of drug-likeness (QED) is 0.596. The second-order valence-electron chi connectivity index (χ2n) is 6.60. The van der Waals surface area contributed by atoms with Crippen molar-refractivity contribution in [1.82, 2.24) is 9.47 Å². The molecule has 0 aliphatic carbocycles. The normalized spacial score (nSPS) is 19.5. The lowest BCUT2D eigenvalue weighted by atomic mass is 10.1. The second-order valence-corrected chi connectivity index (χ2v) is 8.32. The van der Waals surface area contributed by atoms with Crippen LogP contribution < -0.4 is 5.56 Å². The Labute approximate surface area is 172 Å². The number of halogens is 4. The number of thiophene rings is 1. The number of fused-ring (bicyclic) bond motifs is 1. The Morgan fingerprint density at radius 3 is 2.54 bits per heavy atom. The molecule has 1 amide bonds.